The smallest absolute Gasteiger partial charge is 0.0548 e. The molecule has 1 saturated heterocycles. The molecule has 0 bridgehead atoms. The van der Waals surface area contributed by atoms with Crippen LogP contribution in [0.5, 0.6) is 0 Å². The molecule has 1 aliphatic heterocycles. The summed E-state index contributed by atoms with van der Waals surface area (Å²) in [5.41, 5.74) is 1.38. The van der Waals surface area contributed by atoms with E-state index in [9.17, 15) is 0 Å². The molecule has 13 heavy (non-hydrogen) atoms. The summed E-state index contributed by atoms with van der Waals surface area (Å²) in [7, 11) is 0. The van der Waals surface area contributed by atoms with E-state index in [0.717, 1.165) is 22.6 Å². The lowest BCUT2D eigenvalue weighted by Gasteiger charge is -2.09. The van der Waals surface area contributed by atoms with Crippen molar-refractivity contribution in [3.8, 4) is 0 Å². The topological polar surface area (TPSA) is 12.0 Å². The molecule has 0 saturated carbocycles. The number of nitrogens with one attached hydrogen (secondary N) is 1. The summed E-state index contributed by atoms with van der Waals surface area (Å²) in [6.07, 6.45) is 1.23. The molecule has 0 unspecified atom stereocenters. The van der Waals surface area contributed by atoms with Crippen LogP contribution in [-0.2, 0) is 0 Å². The van der Waals surface area contributed by atoms with Crippen molar-refractivity contribution in [2.24, 2.45) is 0 Å². The Morgan fingerprint density at radius 1 is 1.46 bits per heavy atom. The molecule has 2 rings (SSSR count). The minimum atomic E-state index is 0.661. The van der Waals surface area contributed by atoms with E-state index >= 15 is 0 Å². The third-order valence-electron chi connectivity index (χ3n) is 2.48. The Morgan fingerprint density at radius 3 is 2.92 bits per heavy atom. The zero-order chi connectivity index (χ0) is 9.26. The van der Waals surface area contributed by atoms with Crippen molar-refractivity contribution in [1.82, 2.24) is 5.32 Å². The monoisotopic (exact) mass is 259 g/mol. The molecule has 1 nitrogen and oxygen atoms in total. The summed E-state index contributed by atoms with van der Waals surface area (Å²) in [5, 5.41) is 4.14. The first-order valence-electron chi connectivity index (χ1n) is 4.43. The van der Waals surface area contributed by atoms with Gasteiger partial charge < -0.3 is 5.32 Å². The van der Waals surface area contributed by atoms with Gasteiger partial charge in [-0.05, 0) is 52.5 Å². The van der Waals surface area contributed by atoms with Crippen molar-refractivity contribution in [3.63, 3.8) is 0 Å². The highest BCUT2D eigenvalue weighted by Gasteiger charge is 2.16. The quantitative estimate of drug-likeness (QED) is 0.818. The van der Waals surface area contributed by atoms with Crippen LogP contribution in [-0.4, -0.2) is 13.1 Å². The van der Waals surface area contributed by atoms with Gasteiger partial charge in [0.2, 0.25) is 0 Å². The summed E-state index contributed by atoms with van der Waals surface area (Å²) in [4.78, 5) is 0. The molecule has 1 N–H and O–H groups in total. The Balaban J connectivity index is 2.25. The van der Waals surface area contributed by atoms with Crippen molar-refractivity contribution < 1.29 is 0 Å². The molecule has 1 aromatic rings. The van der Waals surface area contributed by atoms with E-state index in [2.05, 4.69) is 33.4 Å². The van der Waals surface area contributed by atoms with Crippen molar-refractivity contribution in [3.05, 3.63) is 33.3 Å². The summed E-state index contributed by atoms with van der Waals surface area (Å²) in [6.45, 7) is 2.22. The van der Waals surface area contributed by atoms with Crippen LogP contribution in [0, 0.1) is 0 Å². The van der Waals surface area contributed by atoms with E-state index < -0.39 is 0 Å². The van der Waals surface area contributed by atoms with Gasteiger partial charge in [-0.3, -0.25) is 0 Å². The summed E-state index contributed by atoms with van der Waals surface area (Å²) in [6, 6.07) is 6.20. The van der Waals surface area contributed by atoms with Gasteiger partial charge in [0.15, 0.2) is 0 Å². The first-order chi connectivity index (χ1) is 6.27. The van der Waals surface area contributed by atoms with Gasteiger partial charge in [0.1, 0.15) is 0 Å². The highest BCUT2D eigenvalue weighted by molar-refractivity contribution is 9.10. The van der Waals surface area contributed by atoms with Crippen molar-refractivity contribution in [1.29, 1.82) is 0 Å². The predicted octanol–water partition coefficient (Wildman–Crippen LogP) is 3.18. The van der Waals surface area contributed by atoms with Gasteiger partial charge in [-0.15, -0.1) is 0 Å². The van der Waals surface area contributed by atoms with Gasteiger partial charge >= 0.3 is 0 Å². The Labute approximate surface area is 91.6 Å². The molecular weight excluding hydrogens is 249 g/mol. The first-order valence-corrected chi connectivity index (χ1v) is 5.60. The standard InChI is InChI=1S/C10H11BrClN/c11-9-5-7(1-2-10(9)12)8-3-4-13-6-8/h1-2,5,8,13H,3-4,6H2/t8-/m0/s1. The molecule has 1 aliphatic rings. The fraction of sp³-hybridized carbons (Fsp3) is 0.400. The molecule has 1 atom stereocenters. The van der Waals surface area contributed by atoms with Crippen LogP contribution in [0.4, 0.5) is 0 Å². The lowest BCUT2D eigenvalue weighted by Crippen LogP contribution is -2.07. The van der Waals surface area contributed by atoms with Gasteiger partial charge in [-0.2, -0.15) is 0 Å². The summed E-state index contributed by atoms with van der Waals surface area (Å²) >= 11 is 9.37. The van der Waals surface area contributed by atoms with Crippen LogP contribution < -0.4 is 5.32 Å². The Morgan fingerprint density at radius 2 is 2.31 bits per heavy atom. The molecule has 0 aromatic heterocycles. The molecule has 0 radical (unpaired) electrons. The Kier molecular flexibility index (Phi) is 2.92. The molecule has 0 amide bonds. The van der Waals surface area contributed by atoms with Gasteiger partial charge in [-0.25, -0.2) is 0 Å². The maximum Gasteiger partial charge on any atom is 0.0548 e. The molecular formula is C10H11BrClN. The van der Waals surface area contributed by atoms with E-state index in [0.29, 0.717) is 5.92 Å². The molecule has 0 spiro atoms. The van der Waals surface area contributed by atoms with Crippen molar-refractivity contribution in [2.75, 3.05) is 13.1 Å². The van der Waals surface area contributed by atoms with Crippen LogP contribution >= 0.6 is 27.5 Å². The SMILES string of the molecule is Clc1ccc([C@H]2CCNC2)cc1Br. The van der Waals surface area contributed by atoms with Crippen molar-refractivity contribution >= 4 is 27.5 Å². The van der Waals surface area contributed by atoms with E-state index in [1.54, 1.807) is 0 Å². The number of rotatable bonds is 1. The van der Waals surface area contributed by atoms with Crippen LogP contribution in [0.2, 0.25) is 5.02 Å². The van der Waals surface area contributed by atoms with E-state index in [1.165, 1.54) is 12.0 Å². The lowest BCUT2D eigenvalue weighted by molar-refractivity contribution is 0.763. The zero-order valence-electron chi connectivity index (χ0n) is 7.19. The van der Waals surface area contributed by atoms with E-state index in [-0.39, 0.29) is 0 Å². The Hall–Kier alpha value is -0.0500. The minimum absolute atomic E-state index is 0.661. The van der Waals surface area contributed by atoms with Gasteiger partial charge in [0, 0.05) is 11.0 Å². The van der Waals surface area contributed by atoms with Crippen molar-refractivity contribution in [2.45, 2.75) is 12.3 Å². The molecule has 3 heteroatoms. The molecule has 1 heterocycles. The molecule has 1 fully saturated rings. The van der Waals surface area contributed by atoms with E-state index in [4.69, 9.17) is 11.6 Å². The average Bonchev–Trinajstić information content (AvgIpc) is 2.62. The third kappa shape index (κ3) is 2.06. The highest BCUT2D eigenvalue weighted by Crippen LogP contribution is 2.29. The fourth-order valence-electron chi connectivity index (χ4n) is 1.71. The first kappa shape index (κ1) is 9.50. The van der Waals surface area contributed by atoms with Crippen LogP contribution in [0.25, 0.3) is 0 Å². The second kappa shape index (κ2) is 3.99. The largest absolute Gasteiger partial charge is 0.316 e. The number of hydrogen-bond donors (Lipinski definition) is 1. The highest BCUT2D eigenvalue weighted by atomic mass is 79.9. The lowest BCUT2D eigenvalue weighted by atomic mass is 9.99. The van der Waals surface area contributed by atoms with E-state index in [1.807, 2.05) is 6.07 Å². The van der Waals surface area contributed by atoms with Crippen LogP contribution in [0.15, 0.2) is 22.7 Å². The number of halogens is 2. The summed E-state index contributed by atoms with van der Waals surface area (Å²) < 4.78 is 0.999. The zero-order valence-corrected chi connectivity index (χ0v) is 9.53. The fourth-order valence-corrected chi connectivity index (χ4v) is 2.22. The summed E-state index contributed by atoms with van der Waals surface area (Å²) in [5.74, 6) is 0.661. The molecule has 1 aromatic carbocycles. The Bertz CT molecular complexity index is 308. The number of benzene rings is 1. The predicted molar refractivity (Wildman–Crippen MR) is 59.4 cm³/mol. The van der Waals surface area contributed by atoms with Gasteiger partial charge in [0.25, 0.3) is 0 Å². The van der Waals surface area contributed by atoms with Gasteiger partial charge in [0.05, 0.1) is 5.02 Å². The molecule has 70 valence electrons. The minimum Gasteiger partial charge on any atom is -0.316 e. The van der Waals surface area contributed by atoms with Crippen LogP contribution in [0.3, 0.4) is 0 Å². The second-order valence-corrected chi connectivity index (χ2v) is 4.62. The second-order valence-electron chi connectivity index (χ2n) is 3.36. The number of hydrogen-bond acceptors (Lipinski definition) is 1. The maximum absolute atomic E-state index is 5.92. The average molecular weight is 261 g/mol. The van der Waals surface area contributed by atoms with Crippen LogP contribution in [0.1, 0.15) is 17.9 Å². The third-order valence-corrected chi connectivity index (χ3v) is 3.69. The molecule has 0 aliphatic carbocycles. The van der Waals surface area contributed by atoms with Gasteiger partial charge in [-0.1, -0.05) is 17.7 Å². The maximum atomic E-state index is 5.92. The normalized spacial score (nSPS) is 22.2.